The first-order valence-electron chi connectivity index (χ1n) is 2.99. The molecule has 0 spiro atoms. The van der Waals surface area contributed by atoms with Gasteiger partial charge in [0.1, 0.15) is 0 Å². The molecule has 0 aromatic carbocycles. The molecule has 0 aromatic heterocycles. The number of hydrogen-bond acceptors (Lipinski definition) is 1. The molecular formula is C7H12CrO. The van der Waals surface area contributed by atoms with Gasteiger partial charge in [0.15, 0.2) is 0 Å². The van der Waals surface area contributed by atoms with Crippen LogP contribution in [0.2, 0.25) is 0 Å². The van der Waals surface area contributed by atoms with Gasteiger partial charge in [-0.25, -0.2) is 0 Å². The molecule has 0 aliphatic heterocycles. The molecule has 1 nitrogen and oxygen atoms in total. The van der Waals surface area contributed by atoms with Crippen LogP contribution in [0.25, 0.3) is 0 Å². The van der Waals surface area contributed by atoms with Crippen LogP contribution < -0.4 is 0 Å². The molecule has 0 amide bonds. The summed E-state index contributed by atoms with van der Waals surface area (Å²) in [6.07, 6.45) is 6.22. The molecule has 0 N–H and O–H groups in total. The van der Waals surface area contributed by atoms with E-state index in [2.05, 4.69) is 21.9 Å². The monoisotopic (exact) mass is 164 g/mol. The van der Waals surface area contributed by atoms with E-state index in [9.17, 15) is 0 Å². The van der Waals surface area contributed by atoms with E-state index in [1.165, 1.54) is 0 Å². The molecule has 9 heavy (non-hydrogen) atoms. The normalized spacial score (nSPS) is 10.4. The van der Waals surface area contributed by atoms with Crippen LogP contribution in [0.3, 0.4) is 0 Å². The first-order chi connectivity index (χ1) is 4.31. The van der Waals surface area contributed by atoms with E-state index >= 15 is 0 Å². The second kappa shape index (κ2) is 6.23. The Morgan fingerprint density at radius 1 is 1.67 bits per heavy atom. The van der Waals surface area contributed by atoms with Crippen molar-refractivity contribution in [3.63, 3.8) is 0 Å². The van der Waals surface area contributed by atoms with Gasteiger partial charge in [0.2, 0.25) is 0 Å². The van der Waals surface area contributed by atoms with Crippen LogP contribution in [0.15, 0.2) is 12.2 Å². The number of allylic oxidation sites excluding steroid dienone is 2. The molecule has 0 saturated carbocycles. The van der Waals surface area contributed by atoms with Gasteiger partial charge in [-0.2, -0.15) is 0 Å². The number of hydrogen-bond donors (Lipinski definition) is 0. The Kier molecular flexibility index (Phi) is 6.30. The number of ether oxygens (including phenoxy) is 1. The fraction of sp³-hybridized carbons (Fsp3) is 0.571. The van der Waals surface area contributed by atoms with E-state index in [0.29, 0.717) is 0 Å². The average molecular weight is 164 g/mol. The van der Waals surface area contributed by atoms with Crippen molar-refractivity contribution >= 4 is 4.57 Å². The summed E-state index contributed by atoms with van der Waals surface area (Å²) in [5.74, 6) is 0. The summed E-state index contributed by atoms with van der Waals surface area (Å²) in [7, 11) is 1.68. The molecule has 0 bridgehead atoms. The third kappa shape index (κ3) is 5.98. The molecule has 2 heteroatoms. The second-order valence-electron chi connectivity index (χ2n) is 1.68. The number of rotatable bonds is 4. The minimum atomic E-state index is 0.980. The van der Waals surface area contributed by atoms with E-state index < -0.39 is 0 Å². The molecule has 0 rings (SSSR count). The van der Waals surface area contributed by atoms with Gasteiger partial charge in [-0.3, -0.25) is 0 Å². The van der Waals surface area contributed by atoms with Gasteiger partial charge in [0.25, 0.3) is 0 Å². The Morgan fingerprint density at radius 3 is 2.78 bits per heavy atom. The fourth-order valence-electron chi connectivity index (χ4n) is 0.470. The average Bonchev–Trinajstić information content (AvgIpc) is 1.89. The van der Waals surface area contributed by atoms with Crippen molar-refractivity contribution in [2.24, 2.45) is 0 Å². The van der Waals surface area contributed by atoms with Gasteiger partial charge in [0.05, 0.1) is 0 Å². The van der Waals surface area contributed by atoms with Gasteiger partial charge in [0, 0.05) is 0 Å². The topological polar surface area (TPSA) is 9.23 Å². The summed E-state index contributed by atoms with van der Waals surface area (Å²) in [4.78, 5) is 0. The van der Waals surface area contributed by atoms with Crippen LogP contribution in [0.4, 0.5) is 0 Å². The second-order valence-corrected chi connectivity index (χ2v) is 2.39. The van der Waals surface area contributed by atoms with E-state index in [0.717, 1.165) is 17.4 Å². The Bertz CT molecular complexity index is 107. The van der Waals surface area contributed by atoms with Crippen LogP contribution in [0.5, 0.6) is 0 Å². The SMILES string of the molecule is C/C=C/CC[C](=[Cr])OC. The molecule has 52 valence electrons. The van der Waals surface area contributed by atoms with Crippen molar-refractivity contribution in [2.75, 3.05) is 7.11 Å². The molecule has 0 atom stereocenters. The zero-order chi connectivity index (χ0) is 7.11. The van der Waals surface area contributed by atoms with E-state index in [4.69, 9.17) is 4.74 Å². The number of methoxy groups -OCH3 is 1. The zero-order valence-electron chi connectivity index (χ0n) is 5.89. The summed E-state index contributed by atoms with van der Waals surface area (Å²) in [6.45, 7) is 2.02. The van der Waals surface area contributed by atoms with Gasteiger partial charge in [-0.15, -0.1) is 0 Å². The Labute approximate surface area is 64.7 Å². The quantitative estimate of drug-likeness (QED) is 0.574. The van der Waals surface area contributed by atoms with Gasteiger partial charge in [-0.05, 0) is 0 Å². The predicted octanol–water partition coefficient (Wildman–Crippen LogP) is 1.67. The molecule has 0 aromatic rings. The van der Waals surface area contributed by atoms with Crippen LogP contribution in [-0.4, -0.2) is 11.7 Å². The first kappa shape index (κ1) is 9.10. The Hall–Kier alpha value is 0.102. The Balaban J connectivity index is 3.17. The van der Waals surface area contributed by atoms with Crippen molar-refractivity contribution in [1.82, 2.24) is 0 Å². The van der Waals surface area contributed by atoms with E-state index in [-0.39, 0.29) is 0 Å². The van der Waals surface area contributed by atoms with Crippen LogP contribution in [0, 0.1) is 0 Å². The summed E-state index contributed by atoms with van der Waals surface area (Å²) in [5.41, 5.74) is 0. The molecule has 0 saturated heterocycles. The van der Waals surface area contributed by atoms with Gasteiger partial charge in [-0.1, -0.05) is 0 Å². The van der Waals surface area contributed by atoms with Crippen molar-refractivity contribution in [2.45, 2.75) is 19.8 Å². The Morgan fingerprint density at radius 2 is 2.33 bits per heavy atom. The third-order valence-electron chi connectivity index (χ3n) is 0.979. The molecule has 0 unspecified atom stereocenters. The summed E-state index contributed by atoms with van der Waals surface area (Å²) in [6, 6.07) is 0. The minimum absolute atomic E-state index is 0.980. The predicted molar refractivity (Wildman–Crippen MR) is 36.1 cm³/mol. The fourth-order valence-corrected chi connectivity index (χ4v) is 0.654. The van der Waals surface area contributed by atoms with Gasteiger partial charge < -0.3 is 0 Å². The van der Waals surface area contributed by atoms with Crippen LogP contribution in [-0.2, 0) is 20.6 Å². The van der Waals surface area contributed by atoms with Crippen LogP contribution >= 0.6 is 0 Å². The maximum atomic E-state index is 4.92. The van der Waals surface area contributed by atoms with Crippen molar-refractivity contribution in [1.29, 1.82) is 0 Å². The van der Waals surface area contributed by atoms with Crippen molar-refractivity contribution in [3.8, 4) is 0 Å². The first-order valence-corrected chi connectivity index (χ1v) is 3.63. The van der Waals surface area contributed by atoms with Crippen molar-refractivity contribution < 1.29 is 20.6 Å². The van der Waals surface area contributed by atoms with E-state index in [1.54, 1.807) is 7.11 Å². The maximum absolute atomic E-state index is 4.92. The zero-order valence-corrected chi connectivity index (χ0v) is 7.16. The van der Waals surface area contributed by atoms with E-state index in [1.807, 2.05) is 13.0 Å². The molecule has 0 heterocycles. The van der Waals surface area contributed by atoms with Gasteiger partial charge >= 0.3 is 64.2 Å². The molecule has 0 aliphatic rings. The third-order valence-corrected chi connectivity index (χ3v) is 1.56. The van der Waals surface area contributed by atoms with Crippen LogP contribution in [0.1, 0.15) is 19.8 Å². The molecule has 0 aliphatic carbocycles. The summed E-state index contributed by atoms with van der Waals surface area (Å²) < 4.78 is 5.90. The summed E-state index contributed by atoms with van der Waals surface area (Å²) >= 11 is 2.85. The molecule has 0 radical (unpaired) electrons. The summed E-state index contributed by atoms with van der Waals surface area (Å²) in [5, 5.41) is 0. The van der Waals surface area contributed by atoms with Crippen molar-refractivity contribution in [3.05, 3.63) is 12.2 Å². The molecular weight excluding hydrogens is 152 g/mol. The molecule has 0 fully saturated rings. The standard InChI is InChI=1S/C7H12O.Cr/c1-3-4-5-6-7-8-2;/h3-4H,5-6H2,1-2H3;/b4-3+;.